The third-order valence-corrected chi connectivity index (χ3v) is 8.52. The Bertz CT molecular complexity index is 799. The fraction of sp³-hybridized carbons (Fsp3) is 0.696. The van der Waals surface area contributed by atoms with Gasteiger partial charge in [0.25, 0.3) is 0 Å². The molecule has 1 atom stereocenters. The van der Waals surface area contributed by atoms with Crippen LogP contribution in [0.25, 0.3) is 0 Å². The second-order valence-electron chi connectivity index (χ2n) is 8.67. The van der Waals surface area contributed by atoms with E-state index in [1.165, 1.54) is 12.8 Å². The van der Waals surface area contributed by atoms with E-state index >= 15 is 0 Å². The first-order valence-electron chi connectivity index (χ1n) is 11.0. The Balaban J connectivity index is 2.03. The SMILES string of the molecule is CCCCCC(C)NC(=O)C1CCN(S(=O)(=O)c2c(C)c(C)cc(C)c2C)CC1. The van der Waals surface area contributed by atoms with Crippen molar-refractivity contribution in [2.45, 2.75) is 91.0 Å². The van der Waals surface area contributed by atoms with Crippen LogP contribution >= 0.6 is 0 Å². The molecule has 1 unspecified atom stereocenters. The van der Waals surface area contributed by atoms with Gasteiger partial charge in [0.05, 0.1) is 4.90 Å². The van der Waals surface area contributed by atoms with Crippen LogP contribution in [0.2, 0.25) is 0 Å². The maximum absolute atomic E-state index is 13.4. The van der Waals surface area contributed by atoms with Crippen molar-refractivity contribution in [2.24, 2.45) is 5.92 Å². The Morgan fingerprint density at radius 2 is 1.66 bits per heavy atom. The van der Waals surface area contributed by atoms with Gasteiger partial charge in [-0.3, -0.25) is 4.79 Å². The summed E-state index contributed by atoms with van der Waals surface area (Å²) in [5, 5.41) is 3.12. The van der Waals surface area contributed by atoms with Crippen molar-refractivity contribution in [1.82, 2.24) is 9.62 Å². The molecule has 1 aliphatic heterocycles. The third-order valence-electron chi connectivity index (χ3n) is 6.35. The fourth-order valence-corrected chi connectivity index (χ4v) is 6.23. The predicted octanol–water partition coefficient (Wildman–Crippen LogP) is 4.41. The lowest BCUT2D eigenvalue weighted by Gasteiger charge is -2.32. The molecular weight excluding hydrogens is 384 g/mol. The molecule has 0 spiro atoms. The zero-order chi connectivity index (χ0) is 21.8. The van der Waals surface area contributed by atoms with Crippen molar-refractivity contribution >= 4 is 15.9 Å². The van der Waals surface area contributed by atoms with Gasteiger partial charge in [-0.2, -0.15) is 4.31 Å². The van der Waals surface area contributed by atoms with Crippen LogP contribution < -0.4 is 5.32 Å². The van der Waals surface area contributed by atoms with Crippen molar-refractivity contribution in [3.63, 3.8) is 0 Å². The van der Waals surface area contributed by atoms with Crippen LogP contribution in [-0.2, 0) is 14.8 Å². The highest BCUT2D eigenvalue weighted by atomic mass is 32.2. The summed E-state index contributed by atoms with van der Waals surface area (Å²) < 4.78 is 28.3. The Labute approximate surface area is 177 Å². The summed E-state index contributed by atoms with van der Waals surface area (Å²) in [5.74, 6) is -0.0266. The molecule has 0 aromatic heterocycles. The summed E-state index contributed by atoms with van der Waals surface area (Å²) >= 11 is 0. The molecule has 2 rings (SSSR count). The average Bonchev–Trinajstić information content (AvgIpc) is 2.66. The smallest absolute Gasteiger partial charge is 0.243 e. The minimum atomic E-state index is -3.55. The molecule has 1 aromatic rings. The van der Waals surface area contributed by atoms with Crippen LogP contribution in [0, 0.1) is 33.6 Å². The maximum Gasteiger partial charge on any atom is 0.243 e. The molecular formula is C23H38N2O3S. The van der Waals surface area contributed by atoms with Crippen molar-refractivity contribution in [1.29, 1.82) is 0 Å². The molecule has 1 N–H and O–H groups in total. The molecule has 1 aromatic carbocycles. The van der Waals surface area contributed by atoms with Crippen molar-refractivity contribution < 1.29 is 13.2 Å². The highest BCUT2D eigenvalue weighted by Crippen LogP contribution is 2.31. The van der Waals surface area contributed by atoms with Crippen LogP contribution in [-0.4, -0.2) is 37.8 Å². The van der Waals surface area contributed by atoms with Crippen molar-refractivity contribution in [3.05, 3.63) is 28.3 Å². The first-order valence-corrected chi connectivity index (χ1v) is 12.4. The van der Waals surface area contributed by atoms with E-state index in [9.17, 15) is 13.2 Å². The van der Waals surface area contributed by atoms with Crippen LogP contribution in [0.1, 0.15) is 74.6 Å². The summed E-state index contributed by atoms with van der Waals surface area (Å²) in [4.78, 5) is 13.0. The molecule has 0 radical (unpaired) electrons. The Hall–Kier alpha value is -1.40. The number of nitrogens with one attached hydrogen (secondary N) is 1. The minimum absolute atomic E-state index is 0.0739. The normalized spacial score (nSPS) is 17.3. The number of amides is 1. The summed E-state index contributed by atoms with van der Waals surface area (Å²) in [5.41, 5.74) is 3.65. The van der Waals surface area contributed by atoms with Crippen molar-refractivity contribution in [3.8, 4) is 0 Å². The van der Waals surface area contributed by atoms with Gasteiger partial charge < -0.3 is 5.32 Å². The van der Waals surface area contributed by atoms with E-state index in [2.05, 4.69) is 19.2 Å². The molecule has 5 nitrogen and oxygen atoms in total. The van der Waals surface area contributed by atoms with Gasteiger partial charge in [0.2, 0.25) is 15.9 Å². The van der Waals surface area contributed by atoms with Gasteiger partial charge in [-0.25, -0.2) is 8.42 Å². The number of carbonyl (C=O) groups excluding carboxylic acids is 1. The Morgan fingerprint density at radius 1 is 1.10 bits per heavy atom. The second kappa shape index (κ2) is 10.1. The molecule has 0 aliphatic carbocycles. The Morgan fingerprint density at radius 3 is 2.17 bits per heavy atom. The average molecular weight is 423 g/mol. The monoisotopic (exact) mass is 422 g/mol. The standard InChI is InChI=1S/C23H38N2O3S/c1-7-8-9-10-18(4)24-23(26)21-11-13-25(14-12-21)29(27,28)22-19(5)16(2)15-17(3)20(22)6/h15,18,21H,7-14H2,1-6H3,(H,24,26). The van der Waals surface area contributed by atoms with E-state index in [-0.39, 0.29) is 17.9 Å². The van der Waals surface area contributed by atoms with Gasteiger partial charge in [0.1, 0.15) is 0 Å². The minimum Gasteiger partial charge on any atom is -0.353 e. The van der Waals surface area contributed by atoms with E-state index in [1.807, 2.05) is 33.8 Å². The molecule has 1 saturated heterocycles. The number of unbranched alkanes of at least 4 members (excludes halogenated alkanes) is 2. The largest absolute Gasteiger partial charge is 0.353 e. The van der Waals surface area contributed by atoms with E-state index in [0.29, 0.717) is 30.8 Å². The Kier molecular flexibility index (Phi) is 8.29. The van der Waals surface area contributed by atoms with Crippen LogP contribution in [0.5, 0.6) is 0 Å². The summed E-state index contributed by atoms with van der Waals surface area (Å²) in [7, 11) is -3.55. The highest BCUT2D eigenvalue weighted by molar-refractivity contribution is 7.89. The predicted molar refractivity (Wildman–Crippen MR) is 119 cm³/mol. The number of rotatable bonds is 8. The first kappa shape index (κ1) is 23.9. The van der Waals surface area contributed by atoms with Gasteiger partial charge in [-0.15, -0.1) is 0 Å². The topological polar surface area (TPSA) is 66.5 Å². The molecule has 1 amide bonds. The van der Waals surface area contributed by atoms with Gasteiger partial charge >= 0.3 is 0 Å². The molecule has 6 heteroatoms. The lowest BCUT2D eigenvalue weighted by Crippen LogP contribution is -2.45. The quantitative estimate of drug-likeness (QED) is 0.631. The van der Waals surface area contributed by atoms with E-state index < -0.39 is 10.0 Å². The van der Waals surface area contributed by atoms with E-state index in [1.54, 1.807) is 4.31 Å². The molecule has 0 saturated carbocycles. The van der Waals surface area contributed by atoms with E-state index in [4.69, 9.17) is 0 Å². The number of hydrogen-bond acceptors (Lipinski definition) is 3. The van der Waals surface area contributed by atoms with E-state index in [0.717, 1.165) is 35.1 Å². The molecule has 1 aliphatic rings. The number of aryl methyl sites for hydroxylation is 2. The number of sulfonamides is 1. The molecule has 0 bridgehead atoms. The third kappa shape index (κ3) is 5.60. The number of nitrogens with zero attached hydrogens (tertiary/aromatic N) is 1. The van der Waals surface area contributed by atoms with Crippen LogP contribution in [0.15, 0.2) is 11.0 Å². The van der Waals surface area contributed by atoms with Crippen molar-refractivity contribution in [2.75, 3.05) is 13.1 Å². The summed E-state index contributed by atoms with van der Waals surface area (Å²) in [6.07, 6.45) is 5.65. The van der Waals surface area contributed by atoms with Gasteiger partial charge in [-0.05, 0) is 76.1 Å². The van der Waals surface area contributed by atoms with Crippen LogP contribution in [0.4, 0.5) is 0 Å². The lowest BCUT2D eigenvalue weighted by atomic mass is 9.96. The maximum atomic E-state index is 13.4. The molecule has 29 heavy (non-hydrogen) atoms. The highest BCUT2D eigenvalue weighted by Gasteiger charge is 2.34. The number of hydrogen-bond donors (Lipinski definition) is 1. The molecule has 1 fully saturated rings. The second-order valence-corrected chi connectivity index (χ2v) is 10.5. The summed E-state index contributed by atoms with van der Waals surface area (Å²) in [6.45, 7) is 12.7. The first-order chi connectivity index (χ1) is 13.6. The number of piperidine rings is 1. The fourth-order valence-electron chi connectivity index (χ4n) is 4.19. The van der Waals surface area contributed by atoms with Crippen LogP contribution in [0.3, 0.4) is 0 Å². The van der Waals surface area contributed by atoms with Gasteiger partial charge in [0, 0.05) is 25.0 Å². The molecule has 1 heterocycles. The molecule has 164 valence electrons. The lowest BCUT2D eigenvalue weighted by molar-refractivity contribution is -0.126. The zero-order valence-corrected chi connectivity index (χ0v) is 19.8. The summed E-state index contributed by atoms with van der Waals surface area (Å²) in [6, 6.07) is 2.22. The number of carbonyl (C=O) groups is 1. The zero-order valence-electron chi connectivity index (χ0n) is 19.0. The van der Waals surface area contributed by atoms with Gasteiger partial charge in [-0.1, -0.05) is 32.3 Å². The number of benzene rings is 1. The van der Waals surface area contributed by atoms with Gasteiger partial charge in [0.15, 0.2) is 0 Å².